The number of carbonyl (C=O) groups is 1. The molecule has 0 unspecified atom stereocenters. The maximum Gasteiger partial charge on any atom is 1.00 e. The van der Waals surface area contributed by atoms with Crippen LogP contribution >= 0.6 is 12.0 Å². The van der Waals surface area contributed by atoms with E-state index in [2.05, 4.69) is 14.7 Å². The van der Waals surface area contributed by atoms with Crippen molar-refractivity contribution in [3.63, 3.8) is 0 Å². The van der Waals surface area contributed by atoms with Crippen LogP contribution in [0, 0.1) is 0 Å². The third-order valence-corrected chi connectivity index (χ3v) is 2.15. The van der Waals surface area contributed by atoms with Gasteiger partial charge in [0.1, 0.15) is 0 Å². The molecule has 0 atom stereocenters. The molecule has 1 rings (SSSR count). The smallest absolute Gasteiger partial charge is 0.780 e. The Morgan fingerprint density at radius 2 is 2.06 bits per heavy atom. The summed E-state index contributed by atoms with van der Waals surface area (Å²) in [6, 6.07) is 4.85. The second kappa shape index (κ2) is 15.1. The molecule has 1 aromatic rings. The molecule has 0 heterocycles. The van der Waals surface area contributed by atoms with Gasteiger partial charge in [0.2, 0.25) is 5.91 Å². The van der Waals surface area contributed by atoms with E-state index in [1.807, 2.05) is 0 Å². The molecule has 18 heavy (non-hydrogen) atoms. The summed E-state index contributed by atoms with van der Waals surface area (Å²) >= 11 is 5.67. The Hall–Kier alpha value is 3.15. The van der Waals surface area contributed by atoms with Crippen molar-refractivity contribution >= 4 is 87.7 Å². The van der Waals surface area contributed by atoms with Crippen molar-refractivity contribution in [2.75, 3.05) is 5.32 Å². The topological polar surface area (TPSA) is 70.6 Å². The minimum atomic E-state index is -0.201. The van der Waals surface area contributed by atoms with E-state index in [-0.39, 0.29) is 131 Å². The first-order valence-electron chi connectivity index (χ1n) is 3.84. The Bertz CT molecular complexity index is 373. The van der Waals surface area contributed by atoms with E-state index in [1.165, 1.54) is 6.92 Å². The van der Waals surface area contributed by atoms with Crippen molar-refractivity contribution in [1.29, 1.82) is 0 Å². The van der Waals surface area contributed by atoms with Gasteiger partial charge in [0, 0.05) is 68.9 Å². The summed E-state index contributed by atoms with van der Waals surface area (Å²) in [5, 5.41) is 15.4. The van der Waals surface area contributed by atoms with Crippen molar-refractivity contribution in [1.82, 2.24) is 0 Å². The molecule has 0 aromatic heterocycles. The average molecular weight is 520 g/mol. The first-order valence-corrected chi connectivity index (χ1v) is 4.99. The fourth-order valence-electron chi connectivity index (χ4n) is 0.948. The van der Waals surface area contributed by atoms with E-state index in [0.717, 1.165) is 12.0 Å². The van der Waals surface area contributed by atoms with Crippen molar-refractivity contribution < 1.29 is 93.2 Å². The van der Waals surface area contributed by atoms with Crippen LogP contribution in [0.25, 0.3) is 0 Å². The summed E-state index contributed by atoms with van der Waals surface area (Å²) in [6.45, 7) is 1.39. The van der Waals surface area contributed by atoms with Gasteiger partial charge in [0.25, 0.3) is 0 Å². The summed E-state index contributed by atoms with van der Waals surface area (Å²) in [5.74, 6) is -0.201. The average Bonchev–Trinajstić information content (AvgIpc) is 2.12. The first-order chi connectivity index (χ1) is 7.11. The van der Waals surface area contributed by atoms with Crippen LogP contribution in [-0.2, 0) is 49.2 Å². The van der Waals surface area contributed by atoms with Crippen LogP contribution in [-0.4, -0.2) is 57.3 Å². The fourth-order valence-corrected chi connectivity index (χ4v) is 1.73. The molecule has 0 aliphatic heterocycles. The van der Waals surface area contributed by atoms with Gasteiger partial charge in [-0.25, -0.2) is 0 Å². The molecule has 1 aromatic carbocycles. The molecular weight excluding hydrogens is 513 g/mol. The quantitative estimate of drug-likeness (QED) is 0.155. The van der Waals surface area contributed by atoms with E-state index in [1.54, 1.807) is 18.2 Å². The molecule has 0 aliphatic carbocycles. The molecule has 1 amide bonds. The Morgan fingerprint density at radius 1 is 1.44 bits per heavy atom. The minimum Gasteiger partial charge on any atom is -0.780 e. The van der Waals surface area contributed by atoms with Gasteiger partial charge >= 0.3 is 73.8 Å². The summed E-state index contributed by atoms with van der Waals surface area (Å²) in [7, 11) is 0. The molecule has 1 radical (unpaired) electrons. The zero-order chi connectivity index (χ0) is 11.3. The van der Waals surface area contributed by atoms with Crippen molar-refractivity contribution in [2.45, 2.75) is 16.7 Å². The van der Waals surface area contributed by atoms with Gasteiger partial charge in [0.15, 0.2) is 0 Å². The maximum absolute atomic E-state index is 10.8. The molecule has 93 valence electrons. The maximum atomic E-state index is 10.8. The second-order valence-electron chi connectivity index (χ2n) is 2.59. The second-order valence-corrected chi connectivity index (χ2v) is 3.84. The number of amides is 1. The number of nitrogens with one attached hydrogen (secondary N) is 1. The van der Waals surface area contributed by atoms with Crippen LogP contribution in [0.5, 0.6) is 0 Å². The van der Waals surface area contributed by atoms with Gasteiger partial charge in [-0.2, -0.15) is 9.23 Å². The van der Waals surface area contributed by atoms with Gasteiger partial charge in [0.05, 0.1) is 12.0 Å². The summed E-state index contributed by atoms with van der Waals surface area (Å²) in [5.41, 5.74) is 0.548. The predicted octanol–water partition coefficient (Wildman–Crippen LogP) is -2.60. The minimum absolute atomic E-state index is 0. The van der Waals surface area contributed by atoms with E-state index in [9.17, 15) is 10.1 Å². The predicted molar refractivity (Wildman–Crippen MR) is 60.2 cm³/mol. The SMILES string of the molecule is CC(=O)Nc1cc([S-])cc(SOO[O-])c1.[Au+].[K+].[K]. The number of carbonyl (C=O) groups excluding carboxylic acids is 1. The Kier molecular flexibility index (Phi) is 21.8. The van der Waals surface area contributed by atoms with E-state index in [4.69, 9.17) is 12.6 Å². The molecule has 0 bridgehead atoms. The van der Waals surface area contributed by atoms with Crippen LogP contribution in [0.4, 0.5) is 5.69 Å². The summed E-state index contributed by atoms with van der Waals surface area (Å²) in [4.78, 5) is 11.9. The normalized spacial score (nSPS) is 8.33. The number of hydrogen-bond acceptors (Lipinski definition) is 6. The van der Waals surface area contributed by atoms with Crippen LogP contribution in [0.1, 0.15) is 6.92 Å². The number of rotatable bonds is 4. The standard InChI is InChI=1S/C8H9NO4S2.Au.2K/c1-5(10)9-6-2-7(14)4-8(3-6)15-13-12-11;;;/h2-4,11,14H,1H3,(H,9,10);;;/q;+1;;+1/p-2. The zero-order valence-corrected chi connectivity index (χ0v) is 20.0. The molecule has 5 nitrogen and oxygen atoms in total. The molecule has 0 aliphatic rings. The molecule has 0 saturated heterocycles. The van der Waals surface area contributed by atoms with Crippen molar-refractivity contribution in [3.05, 3.63) is 18.2 Å². The van der Waals surface area contributed by atoms with Crippen LogP contribution in [0.15, 0.2) is 28.0 Å². The number of hydrogen-bond donors (Lipinski definition) is 1. The van der Waals surface area contributed by atoms with Gasteiger partial charge in [-0.1, -0.05) is 12.1 Å². The molecular formula is C8H7AuK2NO4S2. The molecule has 10 heteroatoms. The van der Waals surface area contributed by atoms with E-state index >= 15 is 0 Å². The number of anilines is 1. The van der Waals surface area contributed by atoms with Gasteiger partial charge in [-0.15, -0.1) is 0 Å². The third-order valence-electron chi connectivity index (χ3n) is 1.36. The molecule has 0 spiro atoms. The fraction of sp³-hybridized carbons (Fsp3) is 0.125. The number of benzene rings is 1. The summed E-state index contributed by atoms with van der Waals surface area (Å²) in [6.07, 6.45) is 0. The molecule has 1 N–H and O–H groups in total. The van der Waals surface area contributed by atoms with Gasteiger partial charge < -0.3 is 23.2 Å². The zero-order valence-electron chi connectivity index (χ0n) is 9.98. The monoisotopic (exact) mass is 520 g/mol. The Balaban J connectivity index is -0.000000750. The largest absolute Gasteiger partial charge is 1.00 e. The van der Waals surface area contributed by atoms with Crippen LogP contribution in [0.2, 0.25) is 0 Å². The van der Waals surface area contributed by atoms with Crippen LogP contribution in [0.3, 0.4) is 0 Å². The summed E-state index contributed by atoms with van der Waals surface area (Å²) < 4.78 is 4.14. The van der Waals surface area contributed by atoms with Gasteiger partial charge in [-0.3, -0.25) is 9.83 Å². The molecule has 0 saturated carbocycles. The molecule has 0 fully saturated rings. The van der Waals surface area contributed by atoms with E-state index in [0.29, 0.717) is 15.5 Å². The Morgan fingerprint density at radius 3 is 2.56 bits per heavy atom. The van der Waals surface area contributed by atoms with E-state index < -0.39 is 0 Å². The first kappa shape index (κ1) is 26.1. The Labute approximate surface area is 216 Å². The third kappa shape index (κ3) is 11.8. The van der Waals surface area contributed by atoms with Crippen LogP contribution < -0.4 is 62.0 Å². The van der Waals surface area contributed by atoms with Gasteiger partial charge in [-0.05, 0) is 6.07 Å². The van der Waals surface area contributed by atoms with Crippen molar-refractivity contribution in [3.8, 4) is 0 Å². The van der Waals surface area contributed by atoms with Crippen molar-refractivity contribution in [2.24, 2.45) is 0 Å².